The fourth-order valence-electron chi connectivity index (χ4n) is 2.97. The molecular weight excluding hydrogens is 339 g/mol. The molecule has 2 aliphatic heterocycles. The number of hydrogen-bond donors (Lipinski definition) is 1. The molecule has 3 atom stereocenters. The van der Waals surface area contributed by atoms with Crippen LogP contribution in [0.3, 0.4) is 0 Å². The third-order valence-corrected chi connectivity index (χ3v) is 4.97. The molecule has 1 aromatic rings. The summed E-state index contributed by atoms with van der Waals surface area (Å²) in [5.74, 6) is 0.753. The van der Waals surface area contributed by atoms with Crippen molar-refractivity contribution in [1.82, 2.24) is 10.2 Å². The quantitative estimate of drug-likeness (QED) is 0.900. The standard InChI is InChI=1S/C16H20Cl2N2O3/c1-10-15(19-5-7-22-10)16(21)20-6-4-12(9-20)23-11-2-3-13(17)14(18)8-11/h2-3,8,10,12,15,19H,4-7,9H2,1H3/t10-,12?,15+/m1/s1. The summed E-state index contributed by atoms with van der Waals surface area (Å²) >= 11 is 11.9. The van der Waals surface area contributed by atoms with Gasteiger partial charge in [-0.2, -0.15) is 0 Å². The lowest BCUT2D eigenvalue weighted by molar-refractivity contribution is -0.138. The van der Waals surface area contributed by atoms with Gasteiger partial charge in [-0.15, -0.1) is 0 Å². The van der Waals surface area contributed by atoms with Crippen LogP contribution in [0.4, 0.5) is 0 Å². The molecule has 23 heavy (non-hydrogen) atoms. The molecule has 126 valence electrons. The molecule has 0 radical (unpaired) electrons. The lowest BCUT2D eigenvalue weighted by Crippen LogP contribution is -2.56. The molecule has 5 nitrogen and oxygen atoms in total. The Morgan fingerprint density at radius 1 is 1.39 bits per heavy atom. The predicted molar refractivity (Wildman–Crippen MR) is 89.3 cm³/mol. The van der Waals surface area contributed by atoms with E-state index in [9.17, 15) is 4.79 Å². The van der Waals surface area contributed by atoms with Crippen LogP contribution in [0, 0.1) is 0 Å². The Labute approximate surface area is 145 Å². The lowest BCUT2D eigenvalue weighted by atomic mass is 10.1. The van der Waals surface area contributed by atoms with Crippen molar-refractivity contribution in [1.29, 1.82) is 0 Å². The van der Waals surface area contributed by atoms with E-state index in [1.807, 2.05) is 11.8 Å². The molecule has 0 spiro atoms. The fraction of sp³-hybridized carbons (Fsp3) is 0.562. The molecule has 1 amide bonds. The Balaban J connectivity index is 1.57. The molecular formula is C16H20Cl2N2O3. The highest BCUT2D eigenvalue weighted by Gasteiger charge is 2.35. The number of morpholine rings is 1. The van der Waals surface area contributed by atoms with E-state index >= 15 is 0 Å². The summed E-state index contributed by atoms with van der Waals surface area (Å²) in [4.78, 5) is 14.4. The normalized spacial score (nSPS) is 28.0. The maximum Gasteiger partial charge on any atom is 0.242 e. The third-order valence-electron chi connectivity index (χ3n) is 4.23. The minimum absolute atomic E-state index is 0.0315. The number of benzene rings is 1. The Kier molecular flexibility index (Phi) is 5.31. The zero-order chi connectivity index (χ0) is 16.4. The van der Waals surface area contributed by atoms with E-state index in [0.717, 1.165) is 6.42 Å². The Morgan fingerprint density at radius 2 is 2.22 bits per heavy atom. The number of rotatable bonds is 3. The summed E-state index contributed by atoms with van der Waals surface area (Å²) in [6, 6.07) is 4.93. The molecule has 0 aliphatic carbocycles. The van der Waals surface area contributed by atoms with Crippen molar-refractivity contribution < 1.29 is 14.3 Å². The summed E-state index contributed by atoms with van der Waals surface area (Å²) in [5, 5.41) is 4.20. The van der Waals surface area contributed by atoms with Crippen molar-refractivity contribution in [2.75, 3.05) is 26.2 Å². The van der Waals surface area contributed by atoms with Gasteiger partial charge in [0.15, 0.2) is 0 Å². The van der Waals surface area contributed by atoms with Crippen molar-refractivity contribution in [3.8, 4) is 5.75 Å². The SMILES string of the molecule is C[C@H]1OCCN[C@@H]1C(=O)N1CCC(Oc2ccc(Cl)c(Cl)c2)C1. The molecule has 1 N–H and O–H groups in total. The number of carbonyl (C=O) groups is 1. The molecule has 2 aliphatic rings. The Hall–Kier alpha value is -1.01. The lowest BCUT2D eigenvalue weighted by Gasteiger charge is -2.32. The van der Waals surface area contributed by atoms with E-state index in [4.69, 9.17) is 32.7 Å². The second-order valence-electron chi connectivity index (χ2n) is 5.90. The molecule has 1 aromatic carbocycles. The average molecular weight is 359 g/mol. The smallest absolute Gasteiger partial charge is 0.242 e. The van der Waals surface area contributed by atoms with Crippen LogP contribution >= 0.6 is 23.2 Å². The Bertz CT molecular complexity index is 584. The van der Waals surface area contributed by atoms with E-state index in [-0.39, 0.29) is 24.2 Å². The number of likely N-dealkylation sites (tertiary alicyclic amines) is 1. The highest BCUT2D eigenvalue weighted by Crippen LogP contribution is 2.28. The Morgan fingerprint density at radius 3 is 2.96 bits per heavy atom. The highest BCUT2D eigenvalue weighted by molar-refractivity contribution is 6.42. The maximum atomic E-state index is 12.6. The van der Waals surface area contributed by atoms with Gasteiger partial charge in [0.25, 0.3) is 0 Å². The monoisotopic (exact) mass is 358 g/mol. The van der Waals surface area contributed by atoms with Crippen LogP contribution in [0.1, 0.15) is 13.3 Å². The third kappa shape index (κ3) is 3.91. The van der Waals surface area contributed by atoms with Crippen molar-refractivity contribution in [3.63, 3.8) is 0 Å². The zero-order valence-corrected chi connectivity index (χ0v) is 14.4. The molecule has 1 unspecified atom stereocenters. The maximum absolute atomic E-state index is 12.6. The van der Waals surface area contributed by atoms with Gasteiger partial charge in [0.1, 0.15) is 17.9 Å². The summed E-state index contributed by atoms with van der Waals surface area (Å²) < 4.78 is 11.5. The van der Waals surface area contributed by atoms with E-state index in [1.165, 1.54) is 0 Å². The van der Waals surface area contributed by atoms with Crippen LogP contribution in [-0.4, -0.2) is 55.3 Å². The first-order valence-electron chi connectivity index (χ1n) is 7.80. The van der Waals surface area contributed by atoms with Crippen molar-refractivity contribution in [2.45, 2.75) is 31.6 Å². The minimum atomic E-state index is -0.271. The second-order valence-corrected chi connectivity index (χ2v) is 6.71. The van der Waals surface area contributed by atoms with Gasteiger partial charge in [0, 0.05) is 25.6 Å². The van der Waals surface area contributed by atoms with E-state index in [0.29, 0.717) is 42.0 Å². The van der Waals surface area contributed by atoms with Crippen LogP contribution in [0.15, 0.2) is 18.2 Å². The van der Waals surface area contributed by atoms with Crippen LogP contribution in [0.5, 0.6) is 5.75 Å². The molecule has 7 heteroatoms. The first kappa shape index (κ1) is 16.8. The summed E-state index contributed by atoms with van der Waals surface area (Å²) in [6.45, 7) is 4.54. The number of ether oxygens (including phenoxy) is 2. The van der Waals surface area contributed by atoms with Crippen molar-refractivity contribution in [3.05, 3.63) is 28.2 Å². The first-order chi connectivity index (χ1) is 11.0. The second kappa shape index (κ2) is 7.26. The number of amides is 1. The van der Waals surface area contributed by atoms with Gasteiger partial charge in [-0.3, -0.25) is 4.79 Å². The molecule has 2 heterocycles. The largest absolute Gasteiger partial charge is 0.488 e. The predicted octanol–water partition coefficient (Wildman–Crippen LogP) is 2.35. The van der Waals surface area contributed by atoms with Crippen molar-refractivity contribution >= 4 is 29.1 Å². The number of halogens is 2. The number of carbonyl (C=O) groups excluding carboxylic acids is 1. The molecule has 0 bridgehead atoms. The number of nitrogens with zero attached hydrogens (tertiary/aromatic N) is 1. The molecule has 2 fully saturated rings. The summed E-state index contributed by atoms with van der Waals surface area (Å²) in [5.41, 5.74) is 0. The summed E-state index contributed by atoms with van der Waals surface area (Å²) in [6.07, 6.45) is 0.663. The van der Waals surface area contributed by atoms with Gasteiger partial charge in [0.05, 0.1) is 29.3 Å². The van der Waals surface area contributed by atoms with Gasteiger partial charge in [-0.25, -0.2) is 0 Å². The van der Waals surface area contributed by atoms with Crippen LogP contribution in [0.25, 0.3) is 0 Å². The number of hydrogen-bond acceptors (Lipinski definition) is 4. The first-order valence-corrected chi connectivity index (χ1v) is 8.55. The molecule has 0 aromatic heterocycles. The topological polar surface area (TPSA) is 50.8 Å². The molecule has 3 rings (SSSR count). The zero-order valence-electron chi connectivity index (χ0n) is 12.9. The van der Waals surface area contributed by atoms with Gasteiger partial charge in [-0.1, -0.05) is 23.2 Å². The summed E-state index contributed by atoms with van der Waals surface area (Å²) in [7, 11) is 0. The van der Waals surface area contributed by atoms with Crippen LogP contribution in [0.2, 0.25) is 10.0 Å². The fourth-order valence-corrected chi connectivity index (χ4v) is 3.26. The van der Waals surface area contributed by atoms with E-state index in [1.54, 1.807) is 18.2 Å². The van der Waals surface area contributed by atoms with Gasteiger partial charge >= 0.3 is 0 Å². The molecule has 2 saturated heterocycles. The van der Waals surface area contributed by atoms with Crippen LogP contribution in [-0.2, 0) is 9.53 Å². The van der Waals surface area contributed by atoms with Crippen LogP contribution < -0.4 is 10.1 Å². The van der Waals surface area contributed by atoms with Gasteiger partial charge in [0.2, 0.25) is 5.91 Å². The van der Waals surface area contributed by atoms with E-state index in [2.05, 4.69) is 5.32 Å². The highest BCUT2D eigenvalue weighted by atomic mass is 35.5. The van der Waals surface area contributed by atoms with Gasteiger partial charge < -0.3 is 19.7 Å². The van der Waals surface area contributed by atoms with E-state index < -0.39 is 0 Å². The van der Waals surface area contributed by atoms with Gasteiger partial charge in [-0.05, 0) is 19.1 Å². The number of nitrogens with one attached hydrogen (secondary N) is 1. The average Bonchev–Trinajstić information content (AvgIpc) is 2.99. The van der Waals surface area contributed by atoms with Crippen molar-refractivity contribution in [2.24, 2.45) is 0 Å². The minimum Gasteiger partial charge on any atom is -0.488 e. The molecule has 0 saturated carbocycles.